The van der Waals surface area contributed by atoms with Crippen LogP contribution in [-0.4, -0.2) is 37.4 Å². The number of hydrogen-bond acceptors (Lipinski definition) is 4. The molecule has 29 heavy (non-hydrogen) atoms. The zero-order chi connectivity index (χ0) is 20.4. The van der Waals surface area contributed by atoms with Crippen LogP contribution in [0.3, 0.4) is 0 Å². The van der Waals surface area contributed by atoms with Crippen LogP contribution in [0.25, 0.3) is 0 Å². The predicted molar refractivity (Wildman–Crippen MR) is 107 cm³/mol. The van der Waals surface area contributed by atoms with Crippen molar-refractivity contribution in [1.82, 2.24) is 30.2 Å². The minimum Gasteiger partial charge on any atom is -0.349 e. The van der Waals surface area contributed by atoms with E-state index >= 15 is 0 Å². The zero-order valence-electron chi connectivity index (χ0n) is 16.6. The zero-order valence-corrected chi connectivity index (χ0v) is 16.6. The number of carbonyl (C=O) groups excluding carboxylic acids is 2. The first-order chi connectivity index (χ1) is 14.0. The fraction of sp³-hybridized carbons (Fsp3) is 0.333. The summed E-state index contributed by atoms with van der Waals surface area (Å²) in [6, 6.07) is 11.6. The summed E-state index contributed by atoms with van der Waals surface area (Å²) in [5, 5.41) is 14.6. The second kappa shape index (κ2) is 7.90. The number of carbonyl (C=O) groups is 2. The van der Waals surface area contributed by atoms with Gasteiger partial charge in [-0.05, 0) is 25.5 Å². The largest absolute Gasteiger partial charge is 0.349 e. The quantitative estimate of drug-likeness (QED) is 0.663. The third-order valence-electron chi connectivity index (χ3n) is 5.08. The molecule has 0 saturated carbocycles. The third kappa shape index (κ3) is 4.21. The minimum absolute atomic E-state index is 0.0798. The van der Waals surface area contributed by atoms with Crippen LogP contribution in [0.4, 0.5) is 0 Å². The summed E-state index contributed by atoms with van der Waals surface area (Å²) in [4.78, 5) is 25.0. The first-order valence-corrected chi connectivity index (χ1v) is 9.67. The molecule has 0 spiro atoms. The van der Waals surface area contributed by atoms with Crippen molar-refractivity contribution in [2.75, 3.05) is 0 Å². The Morgan fingerprint density at radius 2 is 2.00 bits per heavy atom. The maximum Gasteiger partial charge on any atom is 0.255 e. The van der Waals surface area contributed by atoms with Crippen LogP contribution in [0.1, 0.15) is 33.0 Å². The molecule has 0 bridgehead atoms. The maximum atomic E-state index is 12.6. The van der Waals surface area contributed by atoms with E-state index in [1.807, 2.05) is 50.2 Å². The molecule has 3 heterocycles. The van der Waals surface area contributed by atoms with Gasteiger partial charge in [0.1, 0.15) is 6.54 Å². The molecule has 2 aromatic heterocycles. The lowest BCUT2D eigenvalue weighted by Crippen LogP contribution is -2.38. The third-order valence-corrected chi connectivity index (χ3v) is 5.08. The van der Waals surface area contributed by atoms with Crippen molar-refractivity contribution in [3.05, 3.63) is 70.8 Å². The van der Waals surface area contributed by atoms with Gasteiger partial charge in [0.2, 0.25) is 5.91 Å². The number of fused-ring (bicyclic) bond motifs is 1. The standard InChI is InChI=1S/C21H24N6O2/c1-14-8-15(2)26(25-14)13-20(28)24-17-9-19-18(11-23-27(19)12-17)21(29)22-10-16-6-4-3-5-7-16/h3-8,11,17H,9-10,12-13H2,1-2H3,(H,22,29)(H,24,28)/t17-/m0/s1. The van der Waals surface area contributed by atoms with E-state index in [2.05, 4.69) is 20.8 Å². The van der Waals surface area contributed by atoms with Gasteiger partial charge in [0.25, 0.3) is 5.91 Å². The second-order valence-corrected chi connectivity index (χ2v) is 7.41. The van der Waals surface area contributed by atoms with Gasteiger partial charge in [-0.3, -0.25) is 19.0 Å². The molecule has 0 aliphatic carbocycles. The first kappa shape index (κ1) is 18.9. The molecule has 1 aliphatic rings. The van der Waals surface area contributed by atoms with Crippen LogP contribution in [0.5, 0.6) is 0 Å². The van der Waals surface area contributed by atoms with Gasteiger partial charge >= 0.3 is 0 Å². The number of aryl methyl sites for hydroxylation is 2. The van der Waals surface area contributed by atoms with Crippen molar-refractivity contribution in [2.45, 2.75) is 45.9 Å². The average molecular weight is 392 g/mol. The average Bonchev–Trinajstić information content (AvgIpc) is 3.34. The molecule has 0 radical (unpaired) electrons. The van der Waals surface area contributed by atoms with Gasteiger partial charge in [-0.1, -0.05) is 30.3 Å². The summed E-state index contributed by atoms with van der Waals surface area (Å²) >= 11 is 0. The number of hydrogen-bond donors (Lipinski definition) is 2. The summed E-state index contributed by atoms with van der Waals surface area (Å²) in [6.45, 7) is 5.04. The Hall–Kier alpha value is -3.42. The van der Waals surface area contributed by atoms with Crippen LogP contribution >= 0.6 is 0 Å². The van der Waals surface area contributed by atoms with Crippen molar-refractivity contribution >= 4 is 11.8 Å². The summed E-state index contributed by atoms with van der Waals surface area (Å²) in [6.07, 6.45) is 2.18. The summed E-state index contributed by atoms with van der Waals surface area (Å²) < 4.78 is 3.49. The van der Waals surface area contributed by atoms with Crippen LogP contribution in [0.2, 0.25) is 0 Å². The van der Waals surface area contributed by atoms with Crippen LogP contribution in [0.15, 0.2) is 42.6 Å². The molecule has 0 fully saturated rings. The molecule has 4 rings (SSSR count). The fourth-order valence-electron chi connectivity index (χ4n) is 3.69. The Bertz CT molecular complexity index is 1040. The smallest absolute Gasteiger partial charge is 0.255 e. The van der Waals surface area contributed by atoms with Crippen molar-refractivity contribution in [2.24, 2.45) is 0 Å². The van der Waals surface area contributed by atoms with Crippen LogP contribution < -0.4 is 10.6 Å². The van der Waals surface area contributed by atoms with Crippen molar-refractivity contribution in [1.29, 1.82) is 0 Å². The topological polar surface area (TPSA) is 93.8 Å². The molecule has 8 nitrogen and oxygen atoms in total. The van der Waals surface area contributed by atoms with E-state index < -0.39 is 0 Å². The molecule has 0 saturated heterocycles. The molecular weight excluding hydrogens is 368 g/mol. The number of benzene rings is 1. The molecule has 2 N–H and O–H groups in total. The minimum atomic E-state index is -0.148. The number of nitrogens with zero attached hydrogens (tertiary/aromatic N) is 4. The molecule has 0 unspecified atom stereocenters. The Labute approximate surface area is 168 Å². The van der Waals surface area contributed by atoms with Gasteiger partial charge in [-0.25, -0.2) is 0 Å². The number of nitrogens with one attached hydrogen (secondary N) is 2. The Morgan fingerprint density at radius 1 is 1.21 bits per heavy atom. The van der Waals surface area contributed by atoms with E-state index in [0.29, 0.717) is 25.1 Å². The lowest BCUT2D eigenvalue weighted by Gasteiger charge is -2.12. The van der Waals surface area contributed by atoms with Gasteiger partial charge in [-0.2, -0.15) is 10.2 Å². The van der Waals surface area contributed by atoms with E-state index in [9.17, 15) is 9.59 Å². The van der Waals surface area contributed by atoms with E-state index in [1.165, 1.54) is 0 Å². The van der Waals surface area contributed by atoms with Gasteiger partial charge in [-0.15, -0.1) is 0 Å². The number of aromatic nitrogens is 4. The highest BCUT2D eigenvalue weighted by molar-refractivity contribution is 5.95. The normalized spacial score (nSPS) is 15.2. The summed E-state index contributed by atoms with van der Waals surface area (Å²) in [7, 11) is 0. The van der Waals surface area contributed by atoms with Crippen molar-refractivity contribution in [3.8, 4) is 0 Å². The Balaban J connectivity index is 1.34. The molecule has 1 aromatic carbocycles. The highest BCUT2D eigenvalue weighted by atomic mass is 16.2. The monoisotopic (exact) mass is 392 g/mol. The molecular formula is C21H24N6O2. The lowest BCUT2D eigenvalue weighted by molar-refractivity contribution is -0.122. The molecule has 1 aliphatic heterocycles. The van der Waals surface area contributed by atoms with Gasteiger partial charge in [0.15, 0.2) is 0 Å². The number of rotatable bonds is 6. The lowest BCUT2D eigenvalue weighted by atomic mass is 10.1. The molecule has 150 valence electrons. The Morgan fingerprint density at radius 3 is 2.72 bits per heavy atom. The van der Waals surface area contributed by atoms with Crippen molar-refractivity contribution < 1.29 is 9.59 Å². The molecule has 3 aromatic rings. The van der Waals surface area contributed by atoms with E-state index in [-0.39, 0.29) is 24.4 Å². The van der Waals surface area contributed by atoms with Crippen LogP contribution in [-0.2, 0) is 30.8 Å². The van der Waals surface area contributed by atoms with E-state index in [4.69, 9.17) is 0 Å². The predicted octanol–water partition coefficient (Wildman–Crippen LogP) is 1.37. The SMILES string of the molecule is Cc1cc(C)n(CC(=O)N[C@H]2Cc3c(C(=O)NCc4ccccc4)cnn3C2)n1. The van der Waals surface area contributed by atoms with E-state index in [1.54, 1.807) is 15.6 Å². The van der Waals surface area contributed by atoms with Gasteiger partial charge in [0.05, 0.1) is 35.7 Å². The molecule has 8 heteroatoms. The summed E-state index contributed by atoms with van der Waals surface area (Å²) in [5.74, 6) is -0.244. The van der Waals surface area contributed by atoms with Crippen LogP contribution in [0, 0.1) is 13.8 Å². The second-order valence-electron chi connectivity index (χ2n) is 7.41. The highest BCUT2D eigenvalue weighted by Gasteiger charge is 2.28. The van der Waals surface area contributed by atoms with Crippen molar-refractivity contribution in [3.63, 3.8) is 0 Å². The fourth-order valence-corrected chi connectivity index (χ4v) is 3.69. The van der Waals surface area contributed by atoms with Gasteiger partial charge in [0, 0.05) is 18.7 Å². The van der Waals surface area contributed by atoms with E-state index in [0.717, 1.165) is 22.6 Å². The Kier molecular flexibility index (Phi) is 5.16. The maximum absolute atomic E-state index is 12.6. The molecule has 2 amide bonds. The highest BCUT2D eigenvalue weighted by Crippen LogP contribution is 2.19. The molecule has 1 atom stereocenters. The summed E-state index contributed by atoms with van der Waals surface area (Å²) in [5.41, 5.74) is 4.30. The van der Waals surface area contributed by atoms with Gasteiger partial charge < -0.3 is 10.6 Å². The first-order valence-electron chi connectivity index (χ1n) is 9.67. The number of amides is 2.